The molecule has 0 saturated carbocycles. The maximum Gasteiger partial charge on any atom is 0.168 e. The van der Waals surface area contributed by atoms with E-state index in [-0.39, 0.29) is 11.2 Å². The van der Waals surface area contributed by atoms with Gasteiger partial charge in [0, 0.05) is 34.1 Å². The van der Waals surface area contributed by atoms with Crippen LogP contribution in [0.15, 0.2) is 24.3 Å². The number of carbonyl (C=O) groups is 1. The van der Waals surface area contributed by atoms with Crippen molar-refractivity contribution >= 4 is 16.7 Å². The van der Waals surface area contributed by atoms with Gasteiger partial charge in [-0.2, -0.15) is 0 Å². The van der Waals surface area contributed by atoms with Crippen LogP contribution in [-0.2, 0) is 11.3 Å². The number of carbonyl (C=O) groups excluding carboxylic acids is 1. The van der Waals surface area contributed by atoms with Crippen molar-refractivity contribution in [3.63, 3.8) is 0 Å². The Morgan fingerprint density at radius 1 is 1.23 bits per heavy atom. The Balaban J connectivity index is 2.09. The van der Waals surface area contributed by atoms with E-state index in [4.69, 9.17) is 4.74 Å². The van der Waals surface area contributed by atoms with E-state index < -0.39 is 0 Å². The molecule has 1 heterocycles. The predicted molar refractivity (Wildman–Crippen MR) is 90.3 cm³/mol. The number of aromatic amines is 1. The molecular weight excluding hydrogens is 276 g/mol. The minimum absolute atomic E-state index is 0.166. The highest BCUT2D eigenvalue weighted by atomic mass is 16.5. The fourth-order valence-electron chi connectivity index (χ4n) is 2.27. The second-order valence-electron chi connectivity index (χ2n) is 7.03. The lowest BCUT2D eigenvalue weighted by Crippen LogP contribution is -2.19. The molecule has 0 amide bonds. The topological polar surface area (TPSA) is 45.3 Å². The molecule has 0 radical (unpaired) electrons. The minimum Gasteiger partial charge on any atom is -0.374 e. The molecule has 0 atom stereocenters. The van der Waals surface area contributed by atoms with Crippen molar-refractivity contribution in [3.05, 3.63) is 35.5 Å². The summed E-state index contributed by atoms with van der Waals surface area (Å²) in [4.78, 5) is 17.8. The van der Waals surface area contributed by atoms with E-state index in [0.29, 0.717) is 13.2 Å². The van der Waals surface area contributed by atoms with E-state index >= 15 is 0 Å². The SMILES string of the molecule is CN(C)CCOCc1cc2cc(C(=O)C(C)(C)C)ccc2[nH]1. The fraction of sp³-hybridized carbons (Fsp3) is 0.500. The zero-order valence-corrected chi connectivity index (χ0v) is 14.2. The zero-order valence-electron chi connectivity index (χ0n) is 14.2. The number of fused-ring (bicyclic) bond motifs is 1. The van der Waals surface area contributed by atoms with Crippen molar-refractivity contribution in [3.8, 4) is 0 Å². The van der Waals surface area contributed by atoms with Gasteiger partial charge >= 0.3 is 0 Å². The number of likely N-dealkylation sites (N-methyl/N-ethyl adjacent to an activating group) is 1. The Morgan fingerprint density at radius 2 is 1.95 bits per heavy atom. The molecule has 0 aliphatic carbocycles. The third-order valence-electron chi connectivity index (χ3n) is 3.56. The average Bonchev–Trinajstić information content (AvgIpc) is 2.83. The highest BCUT2D eigenvalue weighted by Crippen LogP contribution is 2.24. The summed E-state index contributed by atoms with van der Waals surface area (Å²) < 4.78 is 5.65. The van der Waals surface area contributed by atoms with Crippen LogP contribution < -0.4 is 0 Å². The number of benzene rings is 1. The molecule has 4 heteroatoms. The van der Waals surface area contributed by atoms with Gasteiger partial charge in [0.1, 0.15) is 0 Å². The van der Waals surface area contributed by atoms with Crippen LogP contribution in [0.3, 0.4) is 0 Å². The quantitative estimate of drug-likeness (QED) is 0.656. The van der Waals surface area contributed by atoms with Gasteiger partial charge in [-0.15, -0.1) is 0 Å². The molecule has 1 aromatic carbocycles. The first-order valence-corrected chi connectivity index (χ1v) is 7.66. The van der Waals surface area contributed by atoms with Crippen LogP contribution in [0.2, 0.25) is 0 Å². The summed E-state index contributed by atoms with van der Waals surface area (Å²) in [6, 6.07) is 7.88. The van der Waals surface area contributed by atoms with E-state index in [1.807, 2.05) is 53.1 Å². The summed E-state index contributed by atoms with van der Waals surface area (Å²) in [5.41, 5.74) is 2.48. The monoisotopic (exact) mass is 302 g/mol. The smallest absolute Gasteiger partial charge is 0.168 e. The van der Waals surface area contributed by atoms with Crippen molar-refractivity contribution in [2.45, 2.75) is 27.4 Å². The maximum atomic E-state index is 12.4. The van der Waals surface area contributed by atoms with Gasteiger partial charge < -0.3 is 14.6 Å². The molecule has 0 spiro atoms. The number of ether oxygens (including phenoxy) is 1. The molecule has 1 aromatic heterocycles. The number of nitrogens with zero attached hydrogens (tertiary/aromatic N) is 1. The first-order chi connectivity index (χ1) is 10.3. The van der Waals surface area contributed by atoms with Gasteiger partial charge in [0.2, 0.25) is 0 Å². The van der Waals surface area contributed by atoms with Crippen molar-refractivity contribution in [2.75, 3.05) is 27.2 Å². The lowest BCUT2D eigenvalue weighted by Gasteiger charge is -2.16. The van der Waals surface area contributed by atoms with E-state index in [1.54, 1.807) is 0 Å². The van der Waals surface area contributed by atoms with Crippen LogP contribution in [0.5, 0.6) is 0 Å². The number of aromatic nitrogens is 1. The van der Waals surface area contributed by atoms with E-state index in [1.165, 1.54) is 0 Å². The Bertz CT molecular complexity index is 651. The van der Waals surface area contributed by atoms with E-state index in [0.717, 1.165) is 28.7 Å². The first kappa shape index (κ1) is 16.7. The Kier molecular flexibility index (Phi) is 5.04. The van der Waals surface area contributed by atoms with Crippen LogP contribution >= 0.6 is 0 Å². The largest absolute Gasteiger partial charge is 0.374 e. The van der Waals surface area contributed by atoms with Crippen LogP contribution in [0, 0.1) is 5.41 Å². The van der Waals surface area contributed by atoms with Gasteiger partial charge in [0.15, 0.2) is 5.78 Å². The second-order valence-corrected chi connectivity index (χ2v) is 7.03. The number of Topliss-reactive ketones (excluding diaryl/α,β-unsaturated/α-hetero) is 1. The second kappa shape index (κ2) is 6.63. The van der Waals surface area contributed by atoms with Crippen molar-refractivity contribution in [1.82, 2.24) is 9.88 Å². The number of ketones is 1. The van der Waals surface area contributed by atoms with Gasteiger partial charge in [-0.3, -0.25) is 4.79 Å². The maximum absolute atomic E-state index is 12.4. The van der Waals surface area contributed by atoms with E-state index in [9.17, 15) is 4.79 Å². The molecule has 0 fully saturated rings. The zero-order chi connectivity index (χ0) is 16.3. The first-order valence-electron chi connectivity index (χ1n) is 7.66. The minimum atomic E-state index is -0.359. The molecule has 22 heavy (non-hydrogen) atoms. The molecule has 0 bridgehead atoms. The molecule has 2 aromatic rings. The highest BCUT2D eigenvalue weighted by molar-refractivity contribution is 6.02. The summed E-state index contributed by atoms with van der Waals surface area (Å²) in [5, 5.41) is 1.06. The van der Waals surface area contributed by atoms with Crippen LogP contribution in [0.25, 0.3) is 10.9 Å². The summed E-state index contributed by atoms with van der Waals surface area (Å²) in [5.74, 6) is 0.166. The number of rotatable bonds is 6. The lowest BCUT2D eigenvalue weighted by atomic mass is 9.86. The third-order valence-corrected chi connectivity index (χ3v) is 3.56. The average molecular weight is 302 g/mol. The molecule has 0 aliphatic rings. The molecule has 0 unspecified atom stereocenters. The number of hydrogen-bond donors (Lipinski definition) is 1. The lowest BCUT2D eigenvalue weighted by molar-refractivity contribution is 0.0858. The fourth-order valence-corrected chi connectivity index (χ4v) is 2.27. The highest BCUT2D eigenvalue weighted by Gasteiger charge is 2.23. The van der Waals surface area contributed by atoms with Crippen molar-refractivity contribution in [1.29, 1.82) is 0 Å². The Morgan fingerprint density at radius 3 is 2.59 bits per heavy atom. The summed E-state index contributed by atoms with van der Waals surface area (Å²) in [7, 11) is 4.06. The summed E-state index contributed by atoms with van der Waals surface area (Å²) in [6.45, 7) is 8.01. The molecule has 4 nitrogen and oxygen atoms in total. The Labute approximate surface area is 132 Å². The van der Waals surface area contributed by atoms with E-state index in [2.05, 4.69) is 16.0 Å². The van der Waals surface area contributed by atoms with Crippen molar-refractivity contribution in [2.24, 2.45) is 5.41 Å². The van der Waals surface area contributed by atoms with Crippen LogP contribution in [-0.4, -0.2) is 42.9 Å². The number of hydrogen-bond acceptors (Lipinski definition) is 3. The van der Waals surface area contributed by atoms with Gasteiger partial charge in [-0.05, 0) is 38.4 Å². The number of nitrogens with one attached hydrogen (secondary N) is 1. The summed E-state index contributed by atoms with van der Waals surface area (Å²) >= 11 is 0. The molecule has 0 saturated heterocycles. The van der Waals surface area contributed by atoms with Crippen LogP contribution in [0.1, 0.15) is 36.8 Å². The predicted octanol–water partition coefficient (Wildman–Crippen LogP) is 3.47. The van der Waals surface area contributed by atoms with Gasteiger partial charge in [0.05, 0.1) is 13.2 Å². The molecule has 120 valence electrons. The van der Waals surface area contributed by atoms with Gasteiger partial charge in [-0.25, -0.2) is 0 Å². The van der Waals surface area contributed by atoms with Gasteiger partial charge in [0.25, 0.3) is 0 Å². The molecular formula is C18H26N2O2. The van der Waals surface area contributed by atoms with Crippen LogP contribution in [0.4, 0.5) is 0 Å². The Hall–Kier alpha value is -1.65. The third kappa shape index (κ3) is 4.18. The summed E-state index contributed by atoms with van der Waals surface area (Å²) in [6.07, 6.45) is 0. The van der Waals surface area contributed by atoms with Crippen molar-refractivity contribution < 1.29 is 9.53 Å². The normalized spacial score (nSPS) is 12.3. The molecule has 1 N–H and O–H groups in total. The standard InChI is InChI=1S/C18H26N2O2/c1-18(2,3)17(21)13-6-7-16-14(10-13)11-15(19-16)12-22-9-8-20(4)5/h6-7,10-11,19H,8-9,12H2,1-5H3. The number of H-pyrrole nitrogens is 1. The molecule has 0 aliphatic heterocycles. The van der Waals surface area contributed by atoms with Gasteiger partial charge in [-0.1, -0.05) is 20.8 Å². The molecule has 2 rings (SSSR count).